The van der Waals surface area contributed by atoms with Gasteiger partial charge in [-0.25, -0.2) is 4.98 Å². The van der Waals surface area contributed by atoms with Crippen LogP contribution in [0.1, 0.15) is 11.5 Å². The Balaban J connectivity index is 1.94. The minimum Gasteiger partial charge on any atom is -0.448 e. The van der Waals surface area contributed by atoms with E-state index < -0.39 is 0 Å². The van der Waals surface area contributed by atoms with Crippen LogP contribution in [0.3, 0.4) is 0 Å². The smallest absolute Gasteiger partial charge is 0.181 e. The summed E-state index contributed by atoms with van der Waals surface area (Å²) in [5, 5.41) is 10.4. The summed E-state index contributed by atoms with van der Waals surface area (Å²) in [5.41, 5.74) is 0.969. The molecule has 7 heteroatoms. The SMILES string of the molecule is Cc1ncoc1CCNCCNC(=S)NCCN(C)C. The van der Waals surface area contributed by atoms with Gasteiger partial charge >= 0.3 is 0 Å². The summed E-state index contributed by atoms with van der Waals surface area (Å²) in [6, 6.07) is 0. The number of nitrogens with zero attached hydrogens (tertiary/aromatic N) is 2. The molecule has 0 saturated carbocycles. The van der Waals surface area contributed by atoms with Gasteiger partial charge in [0, 0.05) is 39.1 Å². The van der Waals surface area contributed by atoms with Gasteiger partial charge in [0.25, 0.3) is 0 Å². The molecule has 0 unspecified atom stereocenters. The number of aromatic nitrogens is 1. The van der Waals surface area contributed by atoms with Crippen LogP contribution in [0.4, 0.5) is 0 Å². The van der Waals surface area contributed by atoms with Gasteiger partial charge in [0.2, 0.25) is 0 Å². The molecule has 0 bridgehead atoms. The predicted octanol–water partition coefficient (Wildman–Crippen LogP) is 0.141. The van der Waals surface area contributed by atoms with Crippen LogP contribution in [0.2, 0.25) is 0 Å². The van der Waals surface area contributed by atoms with E-state index in [1.165, 1.54) is 6.39 Å². The fourth-order valence-corrected chi connectivity index (χ4v) is 1.82. The zero-order valence-electron chi connectivity index (χ0n) is 12.5. The third-order valence-electron chi connectivity index (χ3n) is 2.81. The van der Waals surface area contributed by atoms with Crippen molar-refractivity contribution >= 4 is 17.3 Å². The van der Waals surface area contributed by atoms with E-state index in [-0.39, 0.29) is 0 Å². The number of likely N-dealkylation sites (N-methyl/N-ethyl adjacent to an activating group) is 1. The molecule has 1 aromatic heterocycles. The van der Waals surface area contributed by atoms with Gasteiger partial charge in [0.05, 0.1) is 5.69 Å². The second kappa shape index (κ2) is 9.68. The van der Waals surface area contributed by atoms with Gasteiger partial charge in [0.15, 0.2) is 11.5 Å². The Morgan fingerprint density at radius 1 is 1.25 bits per heavy atom. The maximum absolute atomic E-state index is 5.27. The summed E-state index contributed by atoms with van der Waals surface area (Å²) in [7, 11) is 4.08. The van der Waals surface area contributed by atoms with Crippen molar-refractivity contribution in [3.8, 4) is 0 Å². The Kier molecular flexibility index (Phi) is 8.17. The molecule has 1 heterocycles. The second-order valence-corrected chi connectivity index (χ2v) is 5.26. The van der Waals surface area contributed by atoms with E-state index in [0.717, 1.165) is 50.6 Å². The number of aryl methyl sites for hydroxylation is 1. The van der Waals surface area contributed by atoms with Crippen LogP contribution in [-0.2, 0) is 6.42 Å². The van der Waals surface area contributed by atoms with Crippen LogP contribution >= 0.6 is 12.2 Å². The molecule has 0 aliphatic heterocycles. The molecule has 114 valence electrons. The Bertz CT molecular complexity index is 394. The van der Waals surface area contributed by atoms with Crippen LogP contribution in [0.15, 0.2) is 10.8 Å². The molecule has 0 amide bonds. The number of oxazole rings is 1. The molecule has 0 saturated heterocycles. The first-order valence-electron chi connectivity index (χ1n) is 6.85. The van der Waals surface area contributed by atoms with Crippen molar-refractivity contribution in [1.82, 2.24) is 25.8 Å². The van der Waals surface area contributed by atoms with Gasteiger partial charge in [-0.05, 0) is 33.2 Å². The van der Waals surface area contributed by atoms with Crippen molar-refractivity contribution in [1.29, 1.82) is 0 Å². The lowest BCUT2D eigenvalue weighted by molar-refractivity contribution is 0.412. The van der Waals surface area contributed by atoms with Gasteiger partial charge in [-0.1, -0.05) is 0 Å². The molecule has 1 aromatic rings. The minimum absolute atomic E-state index is 0.708. The predicted molar refractivity (Wildman–Crippen MR) is 85.0 cm³/mol. The van der Waals surface area contributed by atoms with E-state index in [9.17, 15) is 0 Å². The molecular formula is C13H25N5OS. The molecule has 0 aliphatic carbocycles. The molecule has 0 aromatic carbocycles. The first-order valence-corrected chi connectivity index (χ1v) is 7.26. The van der Waals surface area contributed by atoms with Crippen molar-refractivity contribution in [2.45, 2.75) is 13.3 Å². The summed E-state index contributed by atoms with van der Waals surface area (Å²) >= 11 is 5.17. The highest BCUT2D eigenvalue weighted by atomic mass is 32.1. The van der Waals surface area contributed by atoms with Gasteiger partial charge in [-0.15, -0.1) is 0 Å². The van der Waals surface area contributed by atoms with E-state index >= 15 is 0 Å². The largest absolute Gasteiger partial charge is 0.448 e. The van der Waals surface area contributed by atoms with Crippen molar-refractivity contribution in [2.24, 2.45) is 0 Å². The van der Waals surface area contributed by atoms with Crippen LogP contribution in [0.25, 0.3) is 0 Å². The number of rotatable bonds is 9. The molecule has 0 aliphatic rings. The van der Waals surface area contributed by atoms with Crippen molar-refractivity contribution < 1.29 is 4.42 Å². The normalized spacial score (nSPS) is 10.8. The fourth-order valence-electron chi connectivity index (χ4n) is 1.61. The van der Waals surface area contributed by atoms with Crippen molar-refractivity contribution in [3.05, 3.63) is 17.8 Å². The molecule has 0 atom stereocenters. The zero-order valence-corrected chi connectivity index (χ0v) is 13.3. The standard InChI is InChI=1S/C13H25N5OS/c1-11-12(19-10-17-11)4-5-14-6-7-15-13(20)16-8-9-18(2)3/h10,14H,4-9H2,1-3H3,(H2,15,16,20). The second-order valence-electron chi connectivity index (χ2n) is 4.85. The highest BCUT2D eigenvalue weighted by molar-refractivity contribution is 7.80. The van der Waals surface area contributed by atoms with E-state index in [1.807, 2.05) is 21.0 Å². The summed E-state index contributed by atoms with van der Waals surface area (Å²) in [5.74, 6) is 0.950. The maximum atomic E-state index is 5.27. The first-order chi connectivity index (χ1) is 9.59. The van der Waals surface area contributed by atoms with Crippen molar-refractivity contribution in [2.75, 3.05) is 46.8 Å². The Morgan fingerprint density at radius 3 is 2.65 bits per heavy atom. The Labute approximate surface area is 126 Å². The highest BCUT2D eigenvalue weighted by Gasteiger charge is 2.02. The van der Waals surface area contributed by atoms with Crippen LogP contribution in [0.5, 0.6) is 0 Å². The molecule has 0 spiro atoms. The number of thiocarbonyl (C=S) groups is 1. The fraction of sp³-hybridized carbons (Fsp3) is 0.692. The van der Waals surface area contributed by atoms with Crippen molar-refractivity contribution in [3.63, 3.8) is 0 Å². The van der Waals surface area contributed by atoms with Crippen LogP contribution in [0, 0.1) is 6.92 Å². The first kappa shape index (κ1) is 16.9. The average molecular weight is 299 g/mol. The topological polar surface area (TPSA) is 65.4 Å². The van der Waals surface area contributed by atoms with E-state index in [0.29, 0.717) is 5.11 Å². The van der Waals surface area contributed by atoms with Crippen LogP contribution < -0.4 is 16.0 Å². The summed E-state index contributed by atoms with van der Waals surface area (Å²) in [6.07, 6.45) is 2.35. The molecule has 6 nitrogen and oxygen atoms in total. The lowest BCUT2D eigenvalue weighted by atomic mass is 10.3. The lowest BCUT2D eigenvalue weighted by Gasteiger charge is -2.13. The minimum atomic E-state index is 0.708. The number of hydrogen-bond acceptors (Lipinski definition) is 5. The van der Waals surface area contributed by atoms with Gasteiger partial charge < -0.3 is 25.3 Å². The average Bonchev–Trinajstić information content (AvgIpc) is 2.79. The lowest BCUT2D eigenvalue weighted by Crippen LogP contribution is -2.41. The molecule has 0 radical (unpaired) electrons. The summed E-state index contributed by atoms with van der Waals surface area (Å²) in [4.78, 5) is 6.17. The third-order valence-corrected chi connectivity index (χ3v) is 3.09. The van der Waals surface area contributed by atoms with Gasteiger partial charge in [-0.2, -0.15) is 0 Å². The molecular weight excluding hydrogens is 274 g/mol. The van der Waals surface area contributed by atoms with E-state index in [4.69, 9.17) is 16.6 Å². The molecule has 1 rings (SSSR count). The Hall–Kier alpha value is -1.18. The molecule has 3 N–H and O–H groups in total. The quantitative estimate of drug-likeness (QED) is 0.443. The maximum Gasteiger partial charge on any atom is 0.181 e. The zero-order chi connectivity index (χ0) is 14.8. The molecule has 20 heavy (non-hydrogen) atoms. The summed E-state index contributed by atoms with van der Waals surface area (Å²) < 4.78 is 5.27. The number of hydrogen-bond donors (Lipinski definition) is 3. The molecule has 0 fully saturated rings. The number of nitrogens with one attached hydrogen (secondary N) is 3. The third kappa shape index (κ3) is 7.42. The van der Waals surface area contributed by atoms with Crippen LogP contribution in [-0.4, -0.2) is 61.8 Å². The van der Waals surface area contributed by atoms with Gasteiger partial charge in [0.1, 0.15) is 5.76 Å². The summed E-state index contributed by atoms with van der Waals surface area (Å²) in [6.45, 7) is 6.33. The van der Waals surface area contributed by atoms with E-state index in [2.05, 4.69) is 25.8 Å². The Morgan fingerprint density at radius 2 is 2.00 bits per heavy atom. The monoisotopic (exact) mass is 299 g/mol. The van der Waals surface area contributed by atoms with Gasteiger partial charge in [-0.3, -0.25) is 0 Å². The highest BCUT2D eigenvalue weighted by Crippen LogP contribution is 2.04. The van der Waals surface area contributed by atoms with E-state index in [1.54, 1.807) is 0 Å².